The molecule has 2 N–H and O–H groups in total. The molecule has 13 heavy (non-hydrogen) atoms. The van der Waals surface area contributed by atoms with Crippen LogP contribution >= 0.6 is 11.9 Å². The Hall–Kier alpha value is -1.04. The Bertz CT molecular complexity index is 303. The number of nitrogens with one attached hydrogen (secondary N) is 1. The quantitative estimate of drug-likeness (QED) is 0.569. The summed E-state index contributed by atoms with van der Waals surface area (Å²) in [5.41, 5.74) is 0.261. The van der Waals surface area contributed by atoms with Gasteiger partial charge < -0.3 is 5.11 Å². The fourth-order valence-corrected chi connectivity index (χ4v) is 1.40. The van der Waals surface area contributed by atoms with Crippen LogP contribution in [0.3, 0.4) is 0 Å². The first kappa shape index (κ1) is 10.0. The van der Waals surface area contributed by atoms with Crippen molar-refractivity contribution in [3.8, 4) is 0 Å². The molecular formula is C8H9NO3S. The van der Waals surface area contributed by atoms with Gasteiger partial charge in [-0.3, -0.25) is 4.84 Å². The van der Waals surface area contributed by atoms with Crippen molar-refractivity contribution in [3.63, 3.8) is 0 Å². The molecule has 4 nitrogen and oxygen atoms in total. The zero-order valence-electron chi connectivity index (χ0n) is 6.98. The highest BCUT2D eigenvalue weighted by atomic mass is 32.2. The van der Waals surface area contributed by atoms with E-state index in [2.05, 4.69) is 9.72 Å². The van der Waals surface area contributed by atoms with Crippen LogP contribution in [0, 0.1) is 0 Å². The number of hydrogen-bond acceptors (Lipinski definition) is 4. The van der Waals surface area contributed by atoms with E-state index in [1.54, 1.807) is 24.3 Å². The van der Waals surface area contributed by atoms with E-state index in [-0.39, 0.29) is 5.56 Å². The Morgan fingerprint density at radius 1 is 1.54 bits per heavy atom. The molecule has 0 radical (unpaired) electrons. The van der Waals surface area contributed by atoms with Crippen molar-refractivity contribution >= 4 is 17.9 Å². The molecular weight excluding hydrogens is 190 g/mol. The molecule has 0 aliphatic carbocycles. The summed E-state index contributed by atoms with van der Waals surface area (Å²) in [5, 5.41) is 8.78. The van der Waals surface area contributed by atoms with Crippen LogP contribution in [0.4, 0.5) is 0 Å². The monoisotopic (exact) mass is 199 g/mol. The van der Waals surface area contributed by atoms with Crippen LogP contribution in [-0.4, -0.2) is 18.2 Å². The molecule has 0 heterocycles. The minimum atomic E-state index is -0.944. The lowest BCUT2D eigenvalue weighted by atomic mass is 10.2. The Balaban J connectivity index is 2.84. The number of carbonyl (C=O) groups is 1. The summed E-state index contributed by atoms with van der Waals surface area (Å²) in [6, 6.07) is 6.70. The van der Waals surface area contributed by atoms with Gasteiger partial charge in [-0.1, -0.05) is 12.1 Å². The van der Waals surface area contributed by atoms with Crippen LogP contribution in [-0.2, 0) is 4.84 Å². The SMILES string of the molecule is CONSc1ccccc1C(=O)O. The maximum absolute atomic E-state index is 10.7. The van der Waals surface area contributed by atoms with Crippen LogP contribution in [0.15, 0.2) is 29.2 Å². The number of rotatable bonds is 4. The lowest BCUT2D eigenvalue weighted by molar-refractivity contribution is 0.0693. The van der Waals surface area contributed by atoms with Crippen molar-refractivity contribution in [2.45, 2.75) is 4.90 Å². The fourth-order valence-electron chi connectivity index (χ4n) is 0.819. The van der Waals surface area contributed by atoms with E-state index in [9.17, 15) is 4.79 Å². The lowest BCUT2D eigenvalue weighted by Crippen LogP contribution is -2.04. The molecule has 0 aromatic heterocycles. The first-order valence-corrected chi connectivity index (χ1v) is 4.34. The summed E-state index contributed by atoms with van der Waals surface area (Å²) in [6.07, 6.45) is 0. The maximum atomic E-state index is 10.7. The van der Waals surface area contributed by atoms with Gasteiger partial charge >= 0.3 is 5.97 Å². The molecule has 0 fully saturated rings. The van der Waals surface area contributed by atoms with E-state index in [1.807, 2.05) is 0 Å². The van der Waals surface area contributed by atoms with Gasteiger partial charge in [-0.25, -0.2) is 4.79 Å². The third-order valence-corrected chi connectivity index (χ3v) is 2.18. The summed E-state index contributed by atoms with van der Waals surface area (Å²) < 4.78 is 0. The Kier molecular flexibility index (Phi) is 3.75. The minimum Gasteiger partial charge on any atom is -0.478 e. The first-order chi connectivity index (χ1) is 6.25. The highest BCUT2D eigenvalue weighted by Crippen LogP contribution is 2.19. The van der Waals surface area contributed by atoms with E-state index >= 15 is 0 Å². The molecule has 0 saturated carbocycles. The van der Waals surface area contributed by atoms with Gasteiger partial charge in [0.2, 0.25) is 0 Å². The third kappa shape index (κ3) is 2.73. The molecule has 70 valence electrons. The fraction of sp³-hybridized carbons (Fsp3) is 0.125. The van der Waals surface area contributed by atoms with Crippen molar-refractivity contribution in [2.75, 3.05) is 7.11 Å². The van der Waals surface area contributed by atoms with Gasteiger partial charge in [-0.05, 0) is 24.1 Å². The number of carboxylic acids is 1. The van der Waals surface area contributed by atoms with Crippen LogP contribution < -0.4 is 4.89 Å². The first-order valence-electron chi connectivity index (χ1n) is 3.53. The molecule has 5 heteroatoms. The summed E-state index contributed by atoms with van der Waals surface area (Å²) in [5.74, 6) is -0.944. The number of carboxylic acid groups (broad SMARTS) is 1. The Morgan fingerprint density at radius 3 is 2.85 bits per heavy atom. The van der Waals surface area contributed by atoms with Crippen molar-refractivity contribution in [3.05, 3.63) is 29.8 Å². The normalized spacial score (nSPS) is 9.92. The maximum Gasteiger partial charge on any atom is 0.336 e. The van der Waals surface area contributed by atoms with Crippen molar-refractivity contribution in [2.24, 2.45) is 0 Å². The highest BCUT2D eigenvalue weighted by molar-refractivity contribution is 7.97. The average molecular weight is 199 g/mol. The van der Waals surface area contributed by atoms with E-state index < -0.39 is 5.97 Å². The molecule has 0 bridgehead atoms. The molecule has 0 spiro atoms. The molecule has 0 amide bonds. The van der Waals surface area contributed by atoms with Crippen LogP contribution in [0.2, 0.25) is 0 Å². The Labute approximate surface area is 80.0 Å². The third-order valence-electron chi connectivity index (χ3n) is 1.35. The van der Waals surface area contributed by atoms with Gasteiger partial charge in [0.05, 0.1) is 12.7 Å². The molecule has 1 rings (SSSR count). The van der Waals surface area contributed by atoms with Crippen molar-refractivity contribution < 1.29 is 14.7 Å². The van der Waals surface area contributed by atoms with Crippen LogP contribution in [0.25, 0.3) is 0 Å². The van der Waals surface area contributed by atoms with Crippen molar-refractivity contribution in [1.82, 2.24) is 4.89 Å². The largest absolute Gasteiger partial charge is 0.478 e. The molecule has 0 aliphatic heterocycles. The number of benzene rings is 1. The lowest BCUT2D eigenvalue weighted by Gasteiger charge is -2.03. The van der Waals surface area contributed by atoms with Gasteiger partial charge in [0.25, 0.3) is 0 Å². The zero-order chi connectivity index (χ0) is 9.68. The van der Waals surface area contributed by atoms with E-state index in [0.717, 1.165) is 11.9 Å². The standard InChI is InChI=1S/C8H9NO3S/c1-12-9-13-7-5-3-2-4-6(7)8(10)11/h2-5,9H,1H3,(H,10,11). The second-order valence-electron chi connectivity index (χ2n) is 2.19. The smallest absolute Gasteiger partial charge is 0.336 e. The predicted octanol–water partition coefficient (Wildman–Crippen LogP) is 1.54. The van der Waals surface area contributed by atoms with Crippen LogP contribution in [0.5, 0.6) is 0 Å². The molecule has 0 atom stereocenters. The van der Waals surface area contributed by atoms with Gasteiger partial charge in [0.1, 0.15) is 0 Å². The average Bonchev–Trinajstić information content (AvgIpc) is 2.15. The van der Waals surface area contributed by atoms with Gasteiger partial charge in [0, 0.05) is 4.90 Å². The van der Waals surface area contributed by atoms with Crippen LogP contribution in [0.1, 0.15) is 10.4 Å². The zero-order valence-corrected chi connectivity index (χ0v) is 7.80. The molecule has 1 aromatic carbocycles. The number of hydrogen-bond donors (Lipinski definition) is 2. The summed E-state index contributed by atoms with van der Waals surface area (Å²) >= 11 is 1.12. The minimum absolute atomic E-state index is 0.261. The van der Waals surface area contributed by atoms with Crippen molar-refractivity contribution in [1.29, 1.82) is 0 Å². The molecule has 0 unspecified atom stereocenters. The van der Waals surface area contributed by atoms with Gasteiger partial charge in [-0.15, -0.1) is 4.89 Å². The topological polar surface area (TPSA) is 58.6 Å². The predicted molar refractivity (Wildman–Crippen MR) is 49.4 cm³/mol. The van der Waals surface area contributed by atoms with E-state index in [0.29, 0.717) is 4.90 Å². The molecule has 0 saturated heterocycles. The summed E-state index contributed by atoms with van der Waals surface area (Å²) in [7, 11) is 1.47. The molecule has 1 aromatic rings. The summed E-state index contributed by atoms with van der Waals surface area (Å²) in [4.78, 5) is 18.4. The second kappa shape index (κ2) is 4.86. The Morgan fingerprint density at radius 2 is 2.23 bits per heavy atom. The van der Waals surface area contributed by atoms with E-state index in [4.69, 9.17) is 5.11 Å². The van der Waals surface area contributed by atoms with Gasteiger partial charge in [-0.2, -0.15) is 0 Å². The summed E-state index contributed by atoms with van der Waals surface area (Å²) in [6.45, 7) is 0. The highest BCUT2D eigenvalue weighted by Gasteiger charge is 2.08. The number of aromatic carboxylic acids is 1. The second-order valence-corrected chi connectivity index (χ2v) is 3.00. The molecule has 0 aliphatic rings. The van der Waals surface area contributed by atoms with E-state index in [1.165, 1.54) is 7.11 Å². The van der Waals surface area contributed by atoms with Gasteiger partial charge in [0.15, 0.2) is 0 Å².